The molecule has 1 heterocycles. The van der Waals surface area contributed by atoms with Gasteiger partial charge in [-0.3, -0.25) is 9.69 Å². The molecule has 4 bridgehead atoms. The maximum absolute atomic E-state index is 13.1. The largest absolute Gasteiger partial charge is 0.349 e. The van der Waals surface area contributed by atoms with Gasteiger partial charge in [-0.05, 0) is 99.2 Å². The van der Waals surface area contributed by atoms with Gasteiger partial charge in [0, 0.05) is 23.1 Å². The third kappa shape index (κ3) is 2.72. The van der Waals surface area contributed by atoms with Gasteiger partial charge in [0.25, 0.3) is 5.91 Å². The van der Waals surface area contributed by atoms with Crippen molar-refractivity contribution in [3.05, 3.63) is 71.3 Å². The summed E-state index contributed by atoms with van der Waals surface area (Å²) in [6.07, 6.45) is 8.34. The Hall–Kier alpha value is -2.17. The van der Waals surface area contributed by atoms with E-state index in [1.54, 1.807) is 11.1 Å². The Morgan fingerprint density at radius 2 is 1.81 bits per heavy atom. The fourth-order valence-corrected chi connectivity index (χ4v) is 8.49. The van der Waals surface area contributed by atoms with Crippen molar-refractivity contribution in [2.24, 2.45) is 17.1 Å². The molecule has 32 heavy (non-hydrogen) atoms. The highest BCUT2D eigenvalue weighted by Gasteiger charge is 2.71. The van der Waals surface area contributed by atoms with Crippen LogP contribution in [0.1, 0.15) is 60.0 Å². The lowest BCUT2D eigenvalue weighted by Gasteiger charge is -2.66. The summed E-state index contributed by atoms with van der Waals surface area (Å²) in [5, 5.41) is 3.50. The number of hydrogen-bond acceptors (Lipinski definition) is 3. The molecule has 6 rings (SSSR count). The van der Waals surface area contributed by atoms with Gasteiger partial charge in [0.1, 0.15) is 0 Å². The SMILES string of the molecule is NCCCN1CCC23c4ccccc4CC1C21CCC(NC(=O)c2ccccc2)C3CC1. The molecule has 3 aliphatic carbocycles. The van der Waals surface area contributed by atoms with E-state index in [0.29, 0.717) is 17.4 Å². The molecule has 2 saturated carbocycles. The number of benzene rings is 2. The Morgan fingerprint density at radius 1 is 1.03 bits per heavy atom. The lowest BCUT2D eigenvalue weighted by Crippen LogP contribution is -2.70. The number of nitrogens with one attached hydrogen (secondary N) is 1. The zero-order valence-electron chi connectivity index (χ0n) is 18.9. The van der Waals surface area contributed by atoms with Gasteiger partial charge >= 0.3 is 0 Å². The van der Waals surface area contributed by atoms with Gasteiger partial charge in [-0.2, -0.15) is 0 Å². The summed E-state index contributed by atoms with van der Waals surface area (Å²) in [7, 11) is 0. The fraction of sp³-hybridized carbons (Fsp3) is 0.536. The number of fused-ring (bicyclic) bond motifs is 1. The van der Waals surface area contributed by atoms with E-state index in [0.717, 1.165) is 38.0 Å². The number of nitrogens with zero attached hydrogens (tertiary/aromatic N) is 1. The molecule has 0 aromatic heterocycles. The van der Waals surface area contributed by atoms with Crippen molar-refractivity contribution in [3.8, 4) is 0 Å². The summed E-state index contributed by atoms with van der Waals surface area (Å²) in [4.78, 5) is 15.9. The van der Waals surface area contributed by atoms with E-state index in [1.165, 1.54) is 32.1 Å². The topological polar surface area (TPSA) is 58.4 Å². The van der Waals surface area contributed by atoms with Crippen LogP contribution in [0.25, 0.3) is 0 Å². The van der Waals surface area contributed by atoms with Crippen molar-refractivity contribution in [2.75, 3.05) is 19.6 Å². The van der Waals surface area contributed by atoms with E-state index in [-0.39, 0.29) is 17.4 Å². The second-order valence-electron chi connectivity index (χ2n) is 10.6. The maximum Gasteiger partial charge on any atom is 0.251 e. The predicted octanol–water partition coefficient (Wildman–Crippen LogP) is 3.89. The highest BCUT2D eigenvalue weighted by atomic mass is 16.1. The third-order valence-corrected chi connectivity index (χ3v) is 9.60. The van der Waals surface area contributed by atoms with E-state index in [2.05, 4.69) is 34.5 Å². The van der Waals surface area contributed by atoms with Crippen molar-refractivity contribution in [1.29, 1.82) is 0 Å². The van der Waals surface area contributed by atoms with Gasteiger partial charge in [-0.25, -0.2) is 0 Å². The molecule has 0 radical (unpaired) electrons. The molecule has 1 saturated heterocycles. The van der Waals surface area contributed by atoms with E-state index < -0.39 is 0 Å². The molecule has 4 nitrogen and oxygen atoms in total. The summed E-state index contributed by atoms with van der Waals surface area (Å²) < 4.78 is 0. The van der Waals surface area contributed by atoms with E-state index in [9.17, 15) is 4.79 Å². The molecule has 168 valence electrons. The molecule has 1 aliphatic heterocycles. The van der Waals surface area contributed by atoms with Crippen LogP contribution in [0.3, 0.4) is 0 Å². The Balaban J connectivity index is 1.38. The van der Waals surface area contributed by atoms with Crippen LogP contribution in [0.5, 0.6) is 0 Å². The van der Waals surface area contributed by atoms with Crippen molar-refractivity contribution in [3.63, 3.8) is 0 Å². The molecule has 5 atom stereocenters. The Bertz CT molecular complexity index is 1010. The first kappa shape index (κ1) is 20.4. The lowest BCUT2D eigenvalue weighted by molar-refractivity contribution is -0.0934. The highest BCUT2D eigenvalue weighted by Crippen LogP contribution is 2.71. The Kier molecular flexibility index (Phi) is 4.92. The predicted molar refractivity (Wildman–Crippen MR) is 128 cm³/mol. The van der Waals surface area contributed by atoms with E-state index in [1.807, 2.05) is 30.3 Å². The molecule has 1 amide bonds. The van der Waals surface area contributed by atoms with E-state index in [4.69, 9.17) is 5.73 Å². The quantitative estimate of drug-likeness (QED) is 0.758. The summed E-state index contributed by atoms with van der Waals surface area (Å²) in [5.41, 5.74) is 10.4. The van der Waals surface area contributed by atoms with Crippen LogP contribution in [-0.2, 0) is 11.8 Å². The van der Waals surface area contributed by atoms with Crippen LogP contribution in [0.4, 0.5) is 0 Å². The molecule has 0 spiro atoms. The fourth-order valence-electron chi connectivity index (χ4n) is 8.49. The van der Waals surface area contributed by atoms with Gasteiger partial charge in [0.05, 0.1) is 0 Å². The van der Waals surface area contributed by atoms with Crippen molar-refractivity contribution in [2.45, 2.75) is 62.4 Å². The summed E-state index contributed by atoms with van der Waals surface area (Å²) in [6, 6.07) is 19.9. The normalized spacial score (nSPS) is 35.1. The van der Waals surface area contributed by atoms with Gasteiger partial charge in [0.2, 0.25) is 0 Å². The molecule has 2 aromatic carbocycles. The molecule has 4 heteroatoms. The first-order chi connectivity index (χ1) is 15.7. The van der Waals surface area contributed by atoms with Crippen LogP contribution in [0, 0.1) is 11.3 Å². The zero-order chi connectivity index (χ0) is 21.8. The lowest BCUT2D eigenvalue weighted by atomic mass is 9.43. The van der Waals surface area contributed by atoms with Crippen molar-refractivity contribution < 1.29 is 4.79 Å². The number of carbonyl (C=O) groups excluding carboxylic acids is 1. The molecule has 3 N–H and O–H groups in total. The standard InChI is InChI=1S/C28H35N3O/c29-16-6-17-31-18-15-28-22-10-5-4-9-21(22)19-25(31)27(28)13-11-23(28)24(12-14-27)30-26(32)20-7-2-1-3-8-20/h1-5,7-10,23-25H,6,11-19,29H2,(H,30,32). The zero-order valence-corrected chi connectivity index (χ0v) is 18.9. The number of piperidine rings is 1. The average molecular weight is 430 g/mol. The number of carbonyl (C=O) groups is 1. The van der Waals surface area contributed by atoms with Gasteiger partial charge in [0.15, 0.2) is 0 Å². The van der Waals surface area contributed by atoms with Crippen molar-refractivity contribution in [1.82, 2.24) is 10.2 Å². The second-order valence-corrected chi connectivity index (χ2v) is 10.6. The first-order valence-electron chi connectivity index (χ1n) is 12.6. The Morgan fingerprint density at radius 3 is 2.66 bits per heavy atom. The summed E-state index contributed by atoms with van der Waals surface area (Å²) in [5.74, 6) is 0.622. The monoisotopic (exact) mass is 429 g/mol. The second kappa shape index (κ2) is 7.71. The number of nitrogens with two attached hydrogens (primary N) is 1. The minimum Gasteiger partial charge on any atom is -0.349 e. The number of amides is 1. The van der Waals surface area contributed by atoms with Gasteiger partial charge < -0.3 is 11.1 Å². The maximum atomic E-state index is 13.1. The summed E-state index contributed by atoms with van der Waals surface area (Å²) >= 11 is 0. The Labute approximate surface area is 191 Å². The molecular weight excluding hydrogens is 394 g/mol. The molecule has 2 aromatic rings. The minimum absolute atomic E-state index is 0.0902. The highest BCUT2D eigenvalue weighted by molar-refractivity contribution is 5.94. The smallest absolute Gasteiger partial charge is 0.251 e. The average Bonchev–Trinajstić information content (AvgIpc) is 3.08. The van der Waals surface area contributed by atoms with E-state index >= 15 is 0 Å². The molecule has 4 aliphatic rings. The number of likely N-dealkylation sites (tertiary alicyclic amines) is 1. The van der Waals surface area contributed by atoms with Crippen molar-refractivity contribution >= 4 is 5.91 Å². The summed E-state index contributed by atoms with van der Waals surface area (Å²) in [6.45, 7) is 3.06. The van der Waals surface area contributed by atoms with Crippen LogP contribution in [0.2, 0.25) is 0 Å². The first-order valence-corrected chi connectivity index (χ1v) is 12.6. The number of rotatable bonds is 5. The minimum atomic E-state index is 0.0902. The molecular formula is C28H35N3O. The number of hydrogen-bond donors (Lipinski definition) is 2. The van der Waals surface area contributed by atoms with Crippen LogP contribution in [0.15, 0.2) is 54.6 Å². The van der Waals surface area contributed by atoms with Crippen LogP contribution < -0.4 is 11.1 Å². The molecule has 5 unspecified atom stereocenters. The third-order valence-electron chi connectivity index (χ3n) is 9.60. The van der Waals surface area contributed by atoms with Crippen LogP contribution in [-0.4, -0.2) is 42.5 Å². The van der Waals surface area contributed by atoms with Gasteiger partial charge in [-0.15, -0.1) is 0 Å². The van der Waals surface area contributed by atoms with Crippen LogP contribution >= 0.6 is 0 Å². The molecule has 3 fully saturated rings. The van der Waals surface area contributed by atoms with Gasteiger partial charge in [-0.1, -0.05) is 42.5 Å².